The van der Waals surface area contributed by atoms with Crippen molar-refractivity contribution in [1.82, 2.24) is 0 Å². The van der Waals surface area contributed by atoms with E-state index in [2.05, 4.69) is 6.58 Å². The van der Waals surface area contributed by atoms with Gasteiger partial charge in [0.05, 0.1) is 13.2 Å². The Morgan fingerprint density at radius 2 is 1.90 bits per heavy atom. The summed E-state index contributed by atoms with van der Waals surface area (Å²) in [6.45, 7) is 7.96. The number of halogens is 1. The minimum atomic E-state index is -1.07. The molecule has 3 fully saturated rings. The summed E-state index contributed by atoms with van der Waals surface area (Å²) in [5.41, 5.74) is -0.641. The Bertz CT molecular complexity index is 906. The van der Waals surface area contributed by atoms with Gasteiger partial charge in [-0.1, -0.05) is 38.5 Å². The van der Waals surface area contributed by atoms with Gasteiger partial charge in [-0.3, -0.25) is 19.2 Å². The second kappa shape index (κ2) is 7.58. The van der Waals surface area contributed by atoms with Crippen molar-refractivity contribution in [3.63, 3.8) is 0 Å². The first-order valence-electron chi connectivity index (χ1n) is 11.0. The first kappa shape index (κ1) is 22.3. The molecule has 168 valence electrons. The van der Waals surface area contributed by atoms with Crippen LogP contribution in [0.3, 0.4) is 0 Å². The number of ether oxygens (including phenoxy) is 2. The Labute approximate surface area is 187 Å². The molecule has 0 aromatic rings. The highest BCUT2D eigenvalue weighted by Crippen LogP contribution is 2.73. The molecule has 5 aliphatic rings. The van der Waals surface area contributed by atoms with Crippen molar-refractivity contribution in [3.05, 3.63) is 23.8 Å². The molecular weight excluding hydrogens is 420 g/mol. The van der Waals surface area contributed by atoms with Crippen molar-refractivity contribution in [2.75, 3.05) is 19.1 Å². The largest absolute Gasteiger partial charge is 0.465 e. The Morgan fingerprint density at radius 1 is 1.19 bits per heavy atom. The fourth-order valence-corrected chi connectivity index (χ4v) is 7.01. The van der Waals surface area contributed by atoms with Crippen LogP contribution in [0.15, 0.2) is 23.8 Å². The predicted molar refractivity (Wildman–Crippen MR) is 113 cm³/mol. The first-order chi connectivity index (χ1) is 14.6. The van der Waals surface area contributed by atoms with E-state index < -0.39 is 22.2 Å². The highest BCUT2D eigenvalue weighted by atomic mass is 35.5. The number of fused-ring (bicyclic) bond motifs is 3. The van der Waals surface area contributed by atoms with E-state index in [1.165, 1.54) is 0 Å². The van der Waals surface area contributed by atoms with Gasteiger partial charge in [0.15, 0.2) is 5.78 Å². The molecule has 7 heteroatoms. The monoisotopic (exact) mass is 448 g/mol. The Kier molecular flexibility index (Phi) is 5.44. The summed E-state index contributed by atoms with van der Waals surface area (Å²) >= 11 is 5.61. The van der Waals surface area contributed by atoms with Crippen LogP contribution in [0.25, 0.3) is 0 Å². The van der Waals surface area contributed by atoms with E-state index in [1.54, 1.807) is 6.92 Å². The molecule has 1 spiro atoms. The van der Waals surface area contributed by atoms with Crippen LogP contribution >= 0.6 is 11.6 Å². The average molecular weight is 449 g/mol. The fourth-order valence-electron chi connectivity index (χ4n) is 6.94. The van der Waals surface area contributed by atoms with Crippen LogP contribution in [0, 0.1) is 28.1 Å². The molecule has 0 heterocycles. The molecule has 3 saturated carbocycles. The molecule has 6 nitrogen and oxygen atoms in total. The van der Waals surface area contributed by atoms with Gasteiger partial charge >= 0.3 is 11.9 Å². The molecule has 0 radical (unpaired) electrons. The van der Waals surface area contributed by atoms with Gasteiger partial charge in [0.2, 0.25) is 0 Å². The molecule has 5 aliphatic carbocycles. The molecule has 0 saturated heterocycles. The van der Waals surface area contributed by atoms with Crippen LogP contribution in [-0.2, 0) is 28.7 Å². The molecule has 0 amide bonds. The van der Waals surface area contributed by atoms with Crippen LogP contribution < -0.4 is 0 Å². The molecule has 3 unspecified atom stereocenters. The summed E-state index contributed by atoms with van der Waals surface area (Å²) in [7, 11) is 0. The molecular formula is C24H29ClO6. The van der Waals surface area contributed by atoms with Gasteiger partial charge in [0.25, 0.3) is 0 Å². The zero-order valence-corrected chi connectivity index (χ0v) is 18.9. The lowest BCUT2D eigenvalue weighted by Gasteiger charge is -2.68. The molecule has 2 bridgehead atoms. The predicted octanol–water partition coefficient (Wildman–Crippen LogP) is 3.56. The number of alkyl halides is 1. The third-order valence-corrected chi connectivity index (χ3v) is 8.47. The Morgan fingerprint density at radius 3 is 2.58 bits per heavy atom. The number of hydrogen-bond donors (Lipinski definition) is 0. The van der Waals surface area contributed by atoms with Gasteiger partial charge in [-0.2, -0.15) is 0 Å². The number of carbonyl (C=O) groups excluding carboxylic acids is 4. The SMILES string of the molecule is C=C1C=C2C[C@@]3(C(=O)CC4C(C)(COC(=O)CCl)CCC[C@@]4(COC(=O)CC)C23)C1=O. The van der Waals surface area contributed by atoms with E-state index in [-0.39, 0.29) is 61.3 Å². The zero-order valence-electron chi connectivity index (χ0n) is 18.1. The van der Waals surface area contributed by atoms with Crippen molar-refractivity contribution in [1.29, 1.82) is 0 Å². The summed E-state index contributed by atoms with van der Waals surface area (Å²) in [6, 6.07) is 0. The van der Waals surface area contributed by atoms with E-state index in [4.69, 9.17) is 21.1 Å². The van der Waals surface area contributed by atoms with Crippen LogP contribution in [0.5, 0.6) is 0 Å². The van der Waals surface area contributed by atoms with E-state index in [0.29, 0.717) is 12.0 Å². The van der Waals surface area contributed by atoms with Crippen molar-refractivity contribution < 1.29 is 28.7 Å². The first-order valence-corrected chi connectivity index (χ1v) is 11.5. The minimum absolute atomic E-state index is 0.0558. The smallest absolute Gasteiger partial charge is 0.320 e. The number of allylic oxidation sites excluding steroid dienone is 3. The highest BCUT2D eigenvalue weighted by molar-refractivity contribution is 6.26. The second-order valence-electron chi connectivity index (χ2n) is 9.88. The Hall–Kier alpha value is -1.95. The molecule has 0 aromatic carbocycles. The van der Waals surface area contributed by atoms with Gasteiger partial charge in [0.1, 0.15) is 17.1 Å². The third-order valence-electron chi connectivity index (χ3n) is 8.25. The van der Waals surface area contributed by atoms with Gasteiger partial charge in [-0.15, -0.1) is 11.6 Å². The maximum Gasteiger partial charge on any atom is 0.320 e. The van der Waals surface area contributed by atoms with E-state index in [9.17, 15) is 19.2 Å². The maximum atomic E-state index is 13.5. The Balaban J connectivity index is 1.77. The van der Waals surface area contributed by atoms with Crippen LogP contribution in [0.1, 0.15) is 52.4 Å². The number of rotatable bonds is 6. The number of Topliss-reactive ketones (excluding diaryl/α,β-unsaturated/α-hetero) is 2. The van der Waals surface area contributed by atoms with Gasteiger partial charge in [0, 0.05) is 35.2 Å². The van der Waals surface area contributed by atoms with E-state index >= 15 is 0 Å². The summed E-state index contributed by atoms with van der Waals surface area (Å²) < 4.78 is 11.1. The third kappa shape index (κ3) is 3.05. The zero-order chi connectivity index (χ0) is 22.6. The number of esters is 2. The summed E-state index contributed by atoms with van der Waals surface area (Å²) in [4.78, 5) is 50.6. The number of hydrogen-bond acceptors (Lipinski definition) is 6. The molecule has 0 N–H and O–H groups in total. The van der Waals surface area contributed by atoms with Crippen LogP contribution in [0.2, 0.25) is 0 Å². The molecule has 5 atom stereocenters. The van der Waals surface area contributed by atoms with Crippen molar-refractivity contribution in [2.45, 2.75) is 52.4 Å². The molecule has 0 aromatic heterocycles. The lowest BCUT2D eigenvalue weighted by atomic mass is 9.33. The standard InChI is InChI=1S/C24H29ClO6/c1-4-18(27)31-13-23-7-5-6-22(3,12-30-19(28)11-25)16(23)9-17(26)24-10-15(20(23)24)8-14(2)21(24)29/h8,16,20H,2,4-7,9-13H2,1,3H3/t16?,20?,22?,23-,24-/m0/s1. The number of ketones is 2. The lowest BCUT2D eigenvalue weighted by Crippen LogP contribution is -2.71. The summed E-state index contributed by atoms with van der Waals surface area (Å²) in [5.74, 6) is -1.71. The van der Waals surface area contributed by atoms with Crippen LogP contribution in [0.4, 0.5) is 0 Å². The van der Waals surface area contributed by atoms with Crippen LogP contribution in [-0.4, -0.2) is 42.6 Å². The summed E-state index contributed by atoms with van der Waals surface area (Å²) in [6.07, 6.45) is 5.11. The fraction of sp³-hybridized carbons (Fsp3) is 0.667. The lowest BCUT2D eigenvalue weighted by molar-refractivity contribution is -0.202. The molecule has 31 heavy (non-hydrogen) atoms. The highest BCUT2D eigenvalue weighted by Gasteiger charge is 2.75. The van der Waals surface area contributed by atoms with Gasteiger partial charge in [-0.25, -0.2) is 0 Å². The van der Waals surface area contributed by atoms with Gasteiger partial charge < -0.3 is 9.47 Å². The molecule has 5 rings (SSSR count). The normalized spacial score (nSPS) is 38.4. The topological polar surface area (TPSA) is 86.7 Å². The summed E-state index contributed by atoms with van der Waals surface area (Å²) in [5, 5.41) is 0. The second-order valence-corrected chi connectivity index (χ2v) is 10.2. The number of carbonyl (C=O) groups is 4. The van der Waals surface area contributed by atoms with Crippen molar-refractivity contribution in [2.24, 2.45) is 28.1 Å². The maximum absolute atomic E-state index is 13.5. The quantitative estimate of drug-likeness (QED) is 0.267. The van der Waals surface area contributed by atoms with Crippen molar-refractivity contribution >= 4 is 35.1 Å². The van der Waals surface area contributed by atoms with Crippen molar-refractivity contribution in [3.8, 4) is 0 Å². The minimum Gasteiger partial charge on any atom is -0.465 e. The van der Waals surface area contributed by atoms with E-state index in [1.807, 2.05) is 13.0 Å². The van der Waals surface area contributed by atoms with E-state index in [0.717, 1.165) is 24.8 Å². The average Bonchev–Trinajstić information content (AvgIpc) is 2.73. The molecule has 0 aliphatic heterocycles. The van der Waals surface area contributed by atoms with Gasteiger partial charge in [-0.05, 0) is 25.2 Å².